The highest BCUT2D eigenvalue weighted by molar-refractivity contribution is 7.91. The number of ether oxygens (including phenoxy) is 1. The minimum atomic E-state index is -3.60. The van der Waals surface area contributed by atoms with Gasteiger partial charge in [-0.15, -0.1) is 0 Å². The standard InChI is InChI=1S/C20H34N4O7S/c1-6-13(16(25)17-23-15(7-2)31-24-17)21-18(26)14(22-19(27)30-20(3,4)5)11-32(28,29)10-12-8-9-12/h12-14,16,25H,6-11H2,1-5H3,(H,21,26)(H,22,27)/t13-,14-,16?/m0/s1. The number of aromatic nitrogens is 2. The number of hydrogen-bond acceptors (Lipinski definition) is 9. The first-order valence-corrected chi connectivity index (χ1v) is 12.7. The molecule has 12 heteroatoms. The second kappa shape index (κ2) is 10.6. The van der Waals surface area contributed by atoms with Crippen molar-refractivity contribution in [3.05, 3.63) is 11.7 Å². The topological polar surface area (TPSA) is 161 Å². The molecule has 32 heavy (non-hydrogen) atoms. The Morgan fingerprint density at radius 3 is 2.41 bits per heavy atom. The summed E-state index contributed by atoms with van der Waals surface area (Å²) in [6, 6.07) is -2.20. The van der Waals surface area contributed by atoms with Gasteiger partial charge in [-0.3, -0.25) is 4.79 Å². The Morgan fingerprint density at radius 2 is 1.91 bits per heavy atom. The Balaban J connectivity index is 2.13. The third-order valence-corrected chi connectivity index (χ3v) is 6.63. The Kier molecular flexibility index (Phi) is 8.63. The summed E-state index contributed by atoms with van der Waals surface area (Å²) >= 11 is 0. The van der Waals surface area contributed by atoms with Gasteiger partial charge in [0.15, 0.2) is 9.84 Å². The fraction of sp³-hybridized carbons (Fsp3) is 0.800. The van der Waals surface area contributed by atoms with E-state index in [4.69, 9.17) is 9.26 Å². The van der Waals surface area contributed by atoms with Gasteiger partial charge in [0.25, 0.3) is 0 Å². The van der Waals surface area contributed by atoms with Crippen LogP contribution in [0.3, 0.4) is 0 Å². The molecule has 11 nitrogen and oxygen atoms in total. The van der Waals surface area contributed by atoms with Crippen LogP contribution in [-0.2, 0) is 25.8 Å². The zero-order valence-corrected chi connectivity index (χ0v) is 20.1. The largest absolute Gasteiger partial charge is 0.444 e. The predicted molar refractivity (Wildman–Crippen MR) is 115 cm³/mol. The predicted octanol–water partition coefficient (Wildman–Crippen LogP) is 1.28. The lowest BCUT2D eigenvalue weighted by atomic mass is 10.1. The molecule has 0 spiro atoms. The third-order valence-electron chi connectivity index (χ3n) is 4.81. The second-order valence-electron chi connectivity index (χ2n) is 9.09. The molecule has 2 rings (SSSR count). The van der Waals surface area contributed by atoms with E-state index < -0.39 is 51.4 Å². The quantitative estimate of drug-likeness (QED) is 0.429. The van der Waals surface area contributed by atoms with Crippen LogP contribution < -0.4 is 10.6 Å². The number of rotatable bonds is 11. The van der Waals surface area contributed by atoms with Crippen molar-refractivity contribution < 1.29 is 32.4 Å². The van der Waals surface area contributed by atoms with Gasteiger partial charge in [0.05, 0.1) is 17.5 Å². The molecular formula is C20H34N4O7S. The van der Waals surface area contributed by atoms with E-state index in [2.05, 4.69) is 20.8 Å². The Bertz CT molecular complexity index is 890. The lowest BCUT2D eigenvalue weighted by molar-refractivity contribution is -0.124. The molecule has 3 atom stereocenters. The molecular weight excluding hydrogens is 440 g/mol. The van der Waals surface area contributed by atoms with Crippen molar-refractivity contribution in [1.82, 2.24) is 20.8 Å². The molecule has 1 unspecified atom stereocenters. The number of carbonyl (C=O) groups excluding carboxylic acids is 2. The first-order chi connectivity index (χ1) is 14.8. The molecule has 1 aromatic heterocycles. The number of nitrogens with one attached hydrogen (secondary N) is 2. The van der Waals surface area contributed by atoms with Crippen LogP contribution in [0.15, 0.2) is 4.52 Å². The van der Waals surface area contributed by atoms with Gasteiger partial charge in [-0.2, -0.15) is 4.98 Å². The molecule has 0 aliphatic heterocycles. The van der Waals surface area contributed by atoms with Crippen molar-refractivity contribution in [3.8, 4) is 0 Å². The summed E-state index contributed by atoms with van der Waals surface area (Å²) in [6.45, 7) is 8.52. The number of nitrogens with zero attached hydrogens (tertiary/aromatic N) is 2. The van der Waals surface area contributed by atoms with E-state index in [1.54, 1.807) is 27.7 Å². The van der Waals surface area contributed by atoms with E-state index in [1.165, 1.54) is 0 Å². The van der Waals surface area contributed by atoms with Gasteiger partial charge in [-0.1, -0.05) is 19.0 Å². The third kappa shape index (κ3) is 8.38. The summed E-state index contributed by atoms with van der Waals surface area (Å²) < 4.78 is 35.3. The van der Waals surface area contributed by atoms with Crippen molar-refractivity contribution in [2.45, 2.75) is 84.1 Å². The number of aryl methyl sites for hydroxylation is 1. The van der Waals surface area contributed by atoms with Crippen LogP contribution in [0, 0.1) is 5.92 Å². The Hall–Kier alpha value is -2.21. The maximum Gasteiger partial charge on any atom is 0.408 e. The summed E-state index contributed by atoms with van der Waals surface area (Å²) in [7, 11) is -3.60. The molecule has 0 radical (unpaired) electrons. The highest BCUT2D eigenvalue weighted by atomic mass is 32.2. The monoisotopic (exact) mass is 474 g/mol. The average molecular weight is 475 g/mol. The molecule has 0 aromatic carbocycles. The molecule has 1 aromatic rings. The summed E-state index contributed by atoms with van der Waals surface area (Å²) in [5.41, 5.74) is -0.824. The van der Waals surface area contributed by atoms with Gasteiger partial charge in [-0.05, 0) is 46.0 Å². The van der Waals surface area contributed by atoms with E-state index in [0.717, 1.165) is 12.8 Å². The number of hydrogen-bond donors (Lipinski definition) is 3. The second-order valence-corrected chi connectivity index (χ2v) is 11.2. The number of carbonyl (C=O) groups is 2. The molecule has 3 N–H and O–H groups in total. The summed E-state index contributed by atoms with van der Waals surface area (Å²) in [5, 5.41) is 19.3. The summed E-state index contributed by atoms with van der Waals surface area (Å²) in [6.07, 6.45) is 0.297. The molecule has 182 valence electrons. The Labute approximate surface area is 188 Å². The number of amides is 2. The SMILES string of the molecule is CCc1nc(C(O)[C@H](CC)NC(=O)[C@H](CS(=O)(=O)CC2CC2)NC(=O)OC(C)(C)C)no1. The van der Waals surface area contributed by atoms with Gasteiger partial charge in [-0.25, -0.2) is 13.2 Å². The van der Waals surface area contributed by atoms with Gasteiger partial charge in [0, 0.05) is 6.42 Å². The molecule has 0 saturated heterocycles. The van der Waals surface area contributed by atoms with Gasteiger partial charge >= 0.3 is 6.09 Å². The zero-order chi connectivity index (χ0) is 24.1. The van der Waals surface area contributed by atoms with Crippen molar-refractivity contribution in [3.63, 3.8) is 0 Å². The first kappa shape index (κ1) is 26.0. The fourth-order valence-corrected chi connectivity index (χ4v) is 4.93. The molecule has 2 amide bonds. The van der Waals surface area contributed by atoms with Crippen molar-refractivity contribution >= 4 is 21.8 Å². The zero-order valence-electron chi connectivity index (χ0n) is 19.3. The molecule has 1 heterocycles. The smallest absolute Gasteiger partial charge is 0.408 e. The van der Waals surface area contributed by atoms with Gasteiger partial charge in [0.2, 0.25) is 17.6 Å². The average Bonchev–Trinajstić information content (AvgIpc) is 3.33. The lowest BCUT2D eigenvalue weighted by Gasteiger charge is -2.26. The highest BCUT2D eigenvalue weighted by Gasteiger charge is 2.35. The van der Waals surface area contributed by atoms with E-state index in [1.807, 2.05) is 6.92 Å². The number of aliphatic hydroxyl groups is 1. The lowest BCUT2D eigenvalue weighted by Crippen LogP contribution is -2.54. The molecule has 1 aliphatic carbocycles. The summed E-state index contributed by atoms with van der Waals surface area (Å²) in [5.74, 6) is -0.886. The van der Waals surface area contributed by atoms with Crippen molar-refractivity contribution in [1.29, 1.82) is 0 Å². The van der Waals surface area contributed by atoms with Crippen LogP contribution in [0.25, 0.3) is 0 Å². The van der Waals surface area contributed by atoms with Crippen molar-refractivity contribution in [2.24, 2.45) is 5.92 Å². The van der Waals surface area contributed by atoms with Crippen LogP contribution in [-0.4, -0.2) is 64.9 Å². The van der Waals surface area contributed by atoms with E-state index in [9.17, 15) is 23.1 Å². The van der Waals surface area contributed by atoms with Gasteiger partial charge in [0.1, 0.15) is 17.7 Å². The van der Waals surface area contributed by atoms with Crippen LogP contribution in [0.4, 0.5) is 4.79 Å². The van der Waals surface area contributed by atoms with E-state index in [0.29, 0.717) is 18.7 Å². The number of sulfone groups is 1. The maximum atomic E-state index is 13.0. The molecule has 1 saturated carbocycles. The molecule has 0 bridgehead atoms. The molecule has 1 fully saturated rings. The number of aliphatic hydroxyl groups excluding tert-OH is 1. The van der Waals surface area contributed by atoms with Crippen LogP contribution in [0.5, 0.6) is 0 Å². The summed E-state index contributed by atoms with van der Waals surface area (Å²) in [4.78, 5) is 29.3. The maximum absolute atomic E-state index is 13.0. The fourth-order valence-electron chi connectivity index (χ4n) is 3.00. The van der Waals surface area contributed by atoms with Crippen LogP contribution in [0.1, 0.15) is 71.7 Å². The van der Waals surface area contributed by atoms with Gasteiger partial charge < -0.3 is 25.0 Å². The minimum Gasteiger partial charge on any atom is -0.444 e. The Morgan fingerprint density at radius 1 is 1.25 bits per heavy atom. The van der Waals surface area contributed by atoms with Crippen LogP contribution in [0.2, 0.25) is 0 Å². The van der Waals surface area contributed by atoms with E-state index in [-0.39, 0.29) is 17.5 Å². The minimum absolute atomic E-state index is 0.0204. The van der Waals surface area contributed by atoms with E-state index >= 15 is 0 Å². The molecule has 1 aliphatic rings. The normalized spacial score (nSPS) is 17.3. The first-order valence-electron chi connectivity index (χ1n) is 10.8. The van der Waals surface area contributed by atoms with Crippen LogP contribution >= 0.6 is 0 Å². The number of alkyl carbamates (subject to hydrolysis) is 1. The highest BCUT2D eigenvalue weighted by Crippen LogP contribution is 2.30. The van der Waals surface area contributed by atoms with Crippen molar-refractivity contribution in [2.75, 3.05) is 11.5 Å².